The van der Waals surface area contributed by atoms with Crippen LogP contribution >= 0.6 is 23.3 Å². The van der Waals surface area contributed by atoms with Crippen LogP contribution in [0, 0.1) is 0 Å². The number of β-lactam (4-membered cyclic amide) rings is 1. The predicted molar refractivity (Wildman–Crippen MR) is 121 cm³/mol. The third-order valence-electron chi connectivity index (χ3n) is 5.06. The van der Waals surface area contributed by atoms with Crippen molar-refractivity contribution in [2.24, 2.45) is 5.16 Å². The molecule has 1 fully saturated rings. The van der Waals surface area contributed by atoms with Crippen LogP contribution in [0.25, 0.3) is 0 Å². The standard InChI is InChI=1S/C19H19N7O6S2/c1-31-10-3-5-25(6-4-10)7-9-8-33-17-12(16(28)26(17)13(9)18(29)30)21-15(27)11(23-32-2)14-22-19(20)34-24-14/h3-6,12,17H,7-8H2,1-2H3,(H3-,20,21,22,24,27,29,30)/p+1/t12?,17-/m1/s1. The second-order valence-corrected chi connectivity index (χ2v) is 9.00. The lowest BCUT2D eigenvalue weighted by Gasteiger charge is -2.49. The summed E-state index contributed by atoms with van der Waals surface area (Å²) in [6.07, 6.45) is 3.53. The first kappa shape index (κ1) is 23.4. The highest BCUT2D eigenvalue weighted by molar-refractivity contribution is 8.00. The maximum absolute atomic E-state index is 12.9. The second kappa shape index (κ2) is 9.64. The molecule has 0 aliphatic carbocycles. The minimum absolute atomic E-state index is 0.0355. The molecule has 2 aliphatic rings. The van der Waals surface area contributed by atoms with Gasteiger partial charge in [0.05, 0.1) is 7.11 Å². The lowest BCUT2D eigenvalue weighted by molar-refractivity contribution is -0.689. The van der Waals surface area contributed by atoms with Crippen molar-refractivity contribution in [3.63, 3.8) is 0 Å². The van der Waals surface area contributed by atoms with E-state index in [9.17, 15) is 19.5 Å². The van der Waals surface area contributed by atoms with E-state index in [0.717, 1.165) is 11.5 Å². The number of carbonyl (C=O) groups is 3. The third kappa shape index (κ3) is 4.38. The van der Waals surface area contributed by atoms with Gasteiger partial charge in [-0.1, -0.05) is 5.16 Å². The van der Waals surface area contributed by atoms with Crippen LogP contribution in [-0.2, 0) is 25.8 Å². The van der Waals surface area contributed by atoms with Crippen molar-refractivity contribution >= 4 is 51.9 Å². The number of amides is 2. The molecular weight excluding hydrogens is 486 g/mol. The number of carboxylic acids is 1. The number of nitrogens with zero attached hydrogens (tertiary/aromatic N) is 5. The van der Waals surface area contributed by atoms with Gasteiger partial charge in [0.2, 0.25) is 11.5 Å². The number of hydrogen-bond acceptors (Lipinski definition) is 11. The SMILES string of the molecule is CON=C(C(=O)NC1C(=O)N2C(C(=O)O)=C(C[n+]3ccc(OC)cc3)CS[C@H]12)c1nsc(N)n1. The summed E-state index contributed by atoms with van der Waals surface area (Å²) < 4.78 is 10.9. The monoisotopic (exact) mass is 506 g/mol. The number of carbonyl (C=O) groups excluding carboxylic acids is 2. The van der Waals surface area contributed by atoms with E-state index in [1.807, 2.05) is 0 Å². The molecule has 34 heavy (non-hydrogen) atoms. The van der Waals surface area contributed by atoms with Crippen molar-refractivity contribution in [2.45, 2.75) is 18.0 Å². The van der Waals surface area contributed by atoms with E-state index in [1.165, 1.54) is 23.8 Å². The molecule has 15 heteroatoms. The van der Waals surface area contributed by atoms with Gasteiger partial charge in [0.15, 0.2) is 24.1 Å². The topological polar surface area (TPSA) is 173 Å². The van der Waals surface area contributed by atoms with Crippen LogP contribution in [0.3, 0.4) is 0 Å². The number of nitrogens with two attached hydrogens (primary N) is 1. The fraction of sp³-hybridized carbons (Fsp3) is 0.316. The highest BCUT2D eigenvalue weighted by Gasteiger charge is 2.54. The number of anilines is 1. The highest BCUT2D eigenvalue weighted by Crippen LogP contribution is 2.40. The number of rotatable bonds is 8. The fourth-order valence-corrected chi connectivity index (χ4v) is 5.30. The molecule has 4 rings (SSSR count). The number of aliphatic carboxylic acids is 1. The van der Waals surface area contributed by atoms with Crippen LogP contribution in [0.15, 0.2) is 41.0 Å². The van der Waals surface area contributed by atoms with Crippen LogP contribution in [0.1, 0.15) is 5.82 Å². The summed E-state index contributed by atoms with van der Waals surface area (Å²) in [5.74, 6) is -1.49. The molecule has 13 nitrogen and oxygen atoms in total. The Kier molecular flexibility index (Phi) is 6.65. The zero-order chi connectivity index (χ0) is 24.4. The number of hydrogen-bond donors (Lipinski definition) is 3. The van der Waals surface area contributed by atoms with Gasteiger partial charge in [0, 0.05) is 35.0 Å². The van der Waals surface area contributed by atoms with Gasteiger partial charge in [-0.15, -0.1) is 11.8 Å². The summed E-state index contributed by atoms with van der Waals surface area (Å²) in [6, 6.07) is 2.56. The number of nitrogen functional groups attached to an aromatic ring is 1. The maximum atomic E-state index is 12.9. The first-order chi connectivity index (χ1) is 16.3. The Morgan fingerprint density at radius 2 is 2.12 bits per heavy atom. The number of pyridine rings is 1. The minimum atomic E-state index is -1.21. The molecule has 2 aromatic heterocycles. The van der Waals surface area contributed by atoms with E-state index in [4.69, 9.17) is 15.3 Å². The quantitative estimate of drug-likeness (QED) is 0.178. The van der Waals surface area contributed by atoms with E-state index < -0.39 is 29.2 Å². The molecule has 2 amide bonds. The van der Waals surface area contributed by atoms with E-state index in [-0.39, 0.29) is 28.9 Å². The van der Waals surface area contributed by atoms with Crippen LogP contribution in [0.4, 0.5) is 5.13 Å². The van der Waals surface area contributed by atoms with Gasteiger partial charge in [0.25, 0.3) is 11.8 Å². The second-order valence-electron chi connectivity index (χ2n) is 7.11. The van der Waals surface area contributed by atoms with Crippen molar-refractivity contribution in [2.75, 3.05) is 25.7 Å². The number of ether oxygens (including phenoxy) is 1. The van der Waals surface area contributed by atoms with E-state index in [2.05, 4.69) is 19.8 Å². The van der Waals surface area contributed by atoms with Crippen molar-refractivity contribution in [1.82, 2.24) is 19.6 Å². The molecule has 0 saturated carbocycles. The van der Waals surface area contributed by atoms with Crippen molar-refractivity contribution < 1.29 is 33.6 Å². The van der Waals surface area contributed by atoms with Gasteiger partial charge in [-0.2, -0.15) is 9.36 Å². The van der Waals surface area contributed by atoms with Crippen LogP contribution in [-0.4, -0.2) is 74.2 Å². The summed E-state index contributed by atoms with van der Waals surface area (Å²) in [6.45, 7) is 0.285. The molecule has 2 atom stereocenters. The van der Waals surface area contributed by atoms with Gasteiger partial charge in [-0.3, -0.25) is 14.5 Å². The predicted octanol–water partition coefficient (Wildman–Crippen LogP) is -0.794. The molecule has 0 bridgehead atoms. The Bertz CT molecular complexity index is 1200. The molecule has 0 aromatic carbocycles. The molecule has 1 saturated heterocycles. The number of nitrogens with one attached hydrogen (secondary N) is 1. The molecule has 1 unspecified atom stereocenters. The summed E-state index contributed by atoms with van der Waals surface area (Å²) in [7, 11) is 2.81. The van der Waals surface area contributed by atoms with Crippen molar-refractivity contribution in [3.05, 3.63) is 41.6 Å². The van der Waals surface area contributed by atoms with Gasteiger partial charge in [-0.05, 0) is 0 Å². The van der Waals surface area contributed by atoms with Crippen LogP contribution in [0.2, 0.25) is 0 Å². The number of fused-ring (bicyclic) bond motifs is 1. The van der Waals surface area contributed by atoms with E-state index in [1.54, 1.807) is 36.2 Å². The number of aromatic nitrogens is 3. The average Bonchev–Trinajstić information content (AvgIpc) is 3.26. The Labute approximate surface area is 201 Å². The average molecular weight is 507 g/mol. The lowest BCUT2D eigenvalue weighted by atomic mass is 10.0. The van der Waals surface area contributed by atoms with E-state index in [0.29, 0.717) is 17.1 Å². The first-order valence-corrected chi connectivity index (χ1v) is 11.6. The van der Waals surface area contributed by atoms with Crippen molar-refractivity contribution in [1.29, 1.82) is 0 Å². The molecule has 2 aromatic rings. The van der Waals surface area contributed by atoms with Crippen molar-refractivity contribution in [3.8, 4) is 5.75 Å². The Morgan fingerprint density at radius 3 is 2.71 bits per heavy atom. The number of oxime groups is 1. The molecule has 4 heterocycles. The summed E-state index contributed by atoms with van der Waals surface area (Å²) in [5, 5.41) is 15.6. The zero-order valence-electron chi connectivity index (χ0n) is 18.0. The minimum Gasteiger partial charge on any atom is -0.496 e. The number of thioether (sulfide) groups is 1. The Morgan fingerprint density at radius 1 is 1.38 bits per heavy atom. The van der Waals surface area contributed by atoms with Crippen LogP contribution in [0.5, 0.6) is 5.75 Å². The Balaban J connectivity index is 1.52. The van der Waals surface area contributed by atoms with Gasteiger partial charge in [0.1, 0.15) is 30.0 Å². The fourth-order valence-electron chi connectivity index (χ4n) is 3.53. The molecular formula is C19H20N7O6S2+. The largest absolute Gasteiger partial charge is 0.496 e. The van der Waals surface area contributed by atoms with Gasteiger partial charge < -0.3 is 25.7 Å². The first-order valence-electron chi connectivity index (χ1n) is 9.78. The Hall–Kier alpha value is -3.72. The number of carboxylic acid groups (broad SMARTS) is 1. The molecule has 0 spiro atoms. The molecule has 2 aliphatic heterocycles. The third-order valence-corrected chi connectivity index (χ3v) is 6.94. The van der Waals surface area contributed by atoms with Crippen LogP contribution < -0.4 is 20.4 Å². The highest BCUT2D eigenvalue weighted by atomic mass is 32.2. The van der Waals surface area contributed by atoms with Gasteiger partial charge in [-0.25, -0.2) is 9.36 Å². The van der Waals surface area contributed by atoms with Gasteiger partial charge >= 0.3 is 5.97 Å². The lowest BCUT2D eigenvalue weighted by Crippen LogP contribution is -2.71. The smallest absolute Gasteiger partial charge is 0.352 e. The normalized spacial score (nSPS) is 19.9. The summed E-state index contributed by atoms with van der Waals surface area (Å²) >= 11 is 2.24. The summed E-state index contributed by atoms with van der Waals surface area (Å²) in [4.78, 5) is 47.6. The maximum Gasteiger partial charge on any atom is 0.352 e. The molecule has 178 valence electrons. The molecule has 0 radical (unpaired) electrons. The van der Waals surface area contributed by atoms with E-state index >= 15 is 0 Å². The number of methoxy groups -OCH3 is 1. The zero-order valence-corrected chi connectivity index (χ0v) is 19.6. The summed E-state index contributed by atoms with van der Waals surface area (Å²) in [5.41, 5.74) is 5.82. The molecule has 4 N–H and O–H groups in total.